The van der Waals surface area contributed by atoms with Gasteiger partial charge in [0.15, 0.2) is 5.96 Å². The maximum Gasteiger partial charge on any atom is 0.245 e. The minimum atomic E-state index is -1.83. The summed E-state index contributed by atoms with van der Waals surface area (Å²) in [5.41, 5.74) is 18.6. The molecular formula is C87H135N17O17. The highest BCUT2D eigenvalue weighted by molar-refractivity contribution is 6.00. The summed E-state index contributed by atoms with van der Waals surface area (Å²) in [5.74, 6) is -12.0. The van der Waals surface area contributed by atoms with E-state index in [1.165, 1.54) is 132 Å². The topological polar surface area (TPSA) is 545 Å². The van der Waals surface area contributed by atoms with E-state index in [-0.39, 0.29) is 106 Å². The van der Waals surface area contributed by atoms with Gasteiger partial charge in [-0.05, 0) is 137 Å². The van der Waals surface area contributed by atoms with Crippen LogP contribution in [0, 0.1) is 17.8 Å². The van der Waals surface area contributed by atoms with Gasteiger partial charge < -0.3 is 106 Å². The van der Waals surface area contributed by atoms with Crippen molar-refractivity contribution in [3.63, 3.8) is 0 Å². The van der Waals surface area contributed by atoms with E-state index in [4.69, 9.17) is 17.2 Å². The number of unbranched alkanes of at least 4 members (excludes halogenated alkanes) is 12. The normalized spacial score (nSPS) is 15.9. The number of guanidine groups is 1. The molecule has 1 aliphatic rings. The predicted octanol–water partition coefficient (Wildman–Crippen LogP) is 3.50. The minimum absolute atomic E-state index is 0.0171. The summed E-state index contributed by atoms with van der Waals surface area (Å²) in [6.07, 6.45) is 13.8. The van der Waals surface area contributed by atoms with Gasteiger partial charge in [-0.15, -0.1) is 0 Å². The number of nitrogens with one attached hydrogen (secondary N) is 12. The lowest BCUT2D eigenvalue weighted by Gasteiger charge is -2.32. The molecule has 22 N–H and O–H groups in total. The molecule has 4 aromatic rings. The van der Waals surface area contributed by atoms with E-state index < -0.39 is 162 Å². The molecule has 14 atom stereocenters. The van der Waals surface area contributed by atoms with Gasteiger partial charge >= 0.3 is 0 Å². The molecule has 0 saturated carbocycles. The highest BCUT2D eigenvalue weighted by atomic mass is 16.3. The van der Waals surface area contributed by atoms with Crippen molar-refractivity contribution in [1.29, 1.82) is 0 Å². The highest BCUT2D eigenvalue weighted by Crippen LogP contribution is 2.25. The van der Waals surface area contributed by atoms with Crippen LogP contribution in [0.25, 0.3) is 10.9 Å². The second kappa shape index (κ2) is 51.7. The average molecular weight is 1690 g/mol. The molecule has 0 bridgehead atoms. The first-order chi connectivity index (χ1) is 57.4. The number of benzene rings is 3. The number of aliphatic hydroxyl groups is 2. The molecular weight excluding hydrogens is 1560 g/mol. The molecule has 0 spiro atoms. The minimum Gasteiger partial charge on any atom is -0.508 e. The van der Waals surface area contributed by atoms with Gasteiger partial charge in [-0.25, -0.2) is 0 Å². The number of aliphatic imine (C=N–C) groups is 1. The van der Waals surface area contributed by atoms with Crippen LogP contribution in [0.5, 0.6) is 11.5 Å². The van der Waals surface area contributed by atoms with Crippen LogP contribution in [0.3, 0.4) is 0 Å². The van der Waals surface area contributed by atoms with Crippen LogP contribution in [-0.2, 0) is 81.6 Å². The lowest BCUT2D eigenvalue weighted by Crippen LogP contribution is -2.62. The summed E-state index contributed by atoms with van der Waals surface area (Å²) in [6, 6.07) is 1.60. The van der Waals surface area contributed by atoms with Crippen molar-refractivity contribution in [2.75, 3.05) is 13.1 Å². The Morgan fingerprint density at radius 3 is 1.39 bits per heavy atom. The molecule has 670 valence electrons. The van der Waals surface area contributed by atoms with Crippen LogP contribution in [-0.4, -0.2) is 211 Å². The van der Waals surface area contributed by atoms with E-state index in [9.17, 15) is 82.8 Å². The molecule has 2 heterocycles. The molecule has 0 radical (unpaired) electrons. The fraction of sp³-hybridized carbons (Fsp3) is 0.609. The number of aromatic nitrogens is 1. The number of amides is 13. The third-order valence-electron chi connectivity index (χ3n) is 21.3. The van der Waals surface area contributed by atoms with Crippen LogP contribution in [0.2, 0.25) is 0 Å². The van der Waals surface area contributed by atoms with Gasteiger partial charge in [0.05, 0.1) is 12.2 Å². The number of primary amides is 1. The second-order valence-corrected chi connectivity index (χ2v) is 33.2. The lowest BCUT2D eigenvalue weighted by atomic mass is 9.99. The van der Waals surface area contributed by atoms with Crippen molar-refractivity contribution in [2.45, 2.75) is 309 Å². The van der Waals surface area contributed by atoms with Crippen LogP contribution in [0.4, 0.5) is 0 Å². The van der Waals surface area contributed by atoms with Gasteiger partial charge in [-0.2, -0.15) is 0 Å². The number of aliphatic hydroxyl groups excluding tert-OH is 2. The number of H-pyrrole nitrogens is 1. The number of carbonyl (C=O) groups excluding carboxylic acids is 13. The van der Waals surface area contributed by atoms with E-state index in [2.05, 4.69) is 75.4 Å². The number of fused-ring (bicyclic) bond motifs is 1. The fourth-order valence-electron chi connectivity index (χ4n) is 14.4. The van der Waals surface area contributed by atoms with E-state index in [1.54, 1.807) is 44.3 Å². The molecule has 1 fully saturated rings. The maximum atomic E-state index is 14.9. The zero-order chi connectivity index (χ0) is 89.6. The number of carbonyl (C=O) groups is 13. The monoisotopic (exact) mass is 1690 g/mol. The number of hydrogen-bond acceptors (Lipinski definition) is 18. The third-order valence-corrected chi connectivity index (χ3v) is 21.3. The molecule has 1 aliphatic heterocycles. The number of phenols is 2. The van der Waals surface area contributed by atoms with Gasteiger partial charge in [0.1, 0.15) is 84.0 Å². The van der Waals surface area contributed by atoms with Crippen molar-refractivity contribution in [1.82, 2.24) is 68.4 Å². The van der Waals surface area contributed by atoms with E-state index >= 15 is 0 Å². The van der Waals surface area contributed by atoms with E-state index in [1.807, 2.05) is 27.7 Å². The van der Waals surface area contributed by atoms with E-state index in [0.29, 0.717) is 40.4 Å². The Morgan fingerprint density at radius 2 is 0.893 bits per heavy atom. The highest BCUT2D eigenvalue weighted by Gasteiger charge is 2.42. The molecule has 1 saturated heterocycles. The smallest absolute Gasteiger partial charge is 0.245 e. The summed E-state index contributed by atoms with van der Waals surface area (Å²) < 4.78 is 0. The van der Waals surface area contributed by atoms with Gasteiger partial charge in [0.25, 0.3) is 0 Å². The molecule has 0 unspecified atom stereocenters. The summed E-state index contributed by atoms with van der Waals surface area (Å²) in [5, 5.41) is 72.0. The quantitative estimate of drug-likeness (QED) is 0.0171. The van der Waals surface area contributed by atoms with E-state index in [0.717, 1.165) is 25.7 Å². The number of aromatic hydroxyl groups is 2. The summed E-state index contributed by atoms with van der Waals surface area (Å²) in [7, 11) is 0. The number of nitrogens with two attached hydrogens (primary N) is 3. The molecule has 5 rings (SSSR count). The summed E-state index contributed by atoms with van der Waals surface area (Å²) in [4.78, 5) is 193. The summed E-state index contributed by atoms with van der Waals surface area (Å²) >= 11 is 0. The number of phenolic OH excluding ortho intramolecular Hbond substituents is 2. The Morgan fingerprint density at radius 1 is 0.463 bits per heavy atom. The van der Waals surface area contributed by atoms with Crippen molar-refractivity contribution in [3.8, 4) is 11.5 Å². The van der Waals surface area contributed by atoms with Crippen molar-refractivity contribution < 1.29 is 82.8 Å². The van der Waals surface area contributed by atoms with Crippen LogP contribution in [0.1, 0.15) is 221 Å². The standard InChI is InChI=1S/C87H135N17O17/c1-12-13-14-15-16-17-18-19-20-21-22-23-24-33-71(109)101-72(52(6)7)83(118)103-74(56(11)106)85(120)100-69(45-51(4)5)86(121)104-43-28-32-70(104)82(117)98-65(44-50(2)3)80(115)97-68(48-59-49-92-63-30-26-25-29-62(59)63)79(114)94-54(9)77(112)102-73(55(10)105)84(119)99-66(46-57-34-38-60(107)39-35-57)78(113)93-53(8)76(111)96-67(47-58-36-40-61(108)41-37-58)81(116)95-64(75(88)110)31-27-42-91-87(89)90/h25-26,29-30,34-41,49-56,64-70,72-74,92,105-108H,12-24,27-28,31-33,42-48H2,1-11H3,(H2,88,110)(H,93,113)(H,94,114)(H,95,116)(H,96,111)(H,97,115)(H,98,117)(H,99,119)(H,100,120)(H,101,109)(H,102,112)(H,103,118)(H4,89,90,91)/t53-,54-,55+,56+,64-,65-,66-,67-,68-,69-,70-,72-,73-,74-/m0/s1. The number of rotatable bonds is 54. The van der Waals surface area contributed by atoms with Crippen LogP contribution < -0.4 is 75.7 Å². The molecule has 34 nitrogen and oxygen atoms in total. The molecule has 1 aromatic heterocycles. The fourth-order valence-corrected chi connectivity index (χ4v) is 14.4. The average Bonchev–Trinajstić information content (AvgIpc) is 1.71. The SMILES string of the molecule is CCCCCCCCCCCCCCCC(=O)N[C@H](C(=O)N[C@H](C(=O)N[C@@H](CC(C)C)C(=O)N1CCC[C@H]1C(=O)N[C@@H](CC(C)C)C(=O)N[C@@H](Cc1c[nH]c2ccccc12)C(=O)N[C@@H](C)C(=O)N[C@H](C(=O)N[C@@H](Cc1ccc(O)cc1)C(=O)N[C@@H](C)C(=O)N[C@@H](Cc1ccc(O)cc1)C(=O)N[C@@H](CCCN=C(N)N)C(N)=O)[C@@H](C)O)[C@@H](C)O)C(C)C. The first kappa shape index (κ1) is 101. The van der Waals surface area contributed by atoms with Gasteiger partial charge in [-0.1, -0.05) is 168 Å². The molecule has 121 heavy (non-hydrogen) atoms. The Labute approximate surface area is 710 Å². The van der Waals surface area contributed by atoms with Crippen molar-refractivity contribution >= 4 is 93.7 Å². The summed E-state index contributed by atoms with van der Waals surface area (Å²) in [6.45, 7) is 18.2. The van der Waals surface area contributed by atoms with Gasteiger partial charge in [0, 0.05) is 55.9 Å². The maximum absolute atomic E-state index is 14.9. The molecule has 3 aromatic carbocycles. The molecule has 13 amide bonds. The van der Waals surface area contributed by atoms with Gasteiger partial charge in [-0.3, -0.25) is 67.3 Å². The first-order valence-corrected chi connectivity index (χ1v) is 42.8. The number of nitrogens with zero attached hydrogens (tertiary/aromatic N) is 2. The largest absolute Gasteiger partial charge is 0.508 e. The first-order valence-electron chi connectivity index (χ1n) is 42.8. The van der Waals surface area contributed by atoms with Gasteiger partial charge in [0.2, 0.25) is 76.8 Å². The predicted molar refractivity (Wildman–Crippen MR) is 459 cm³/mol. The number of hydrogen-bond donors (Lipinski definition) is 19. The zero-order valence-electron chi connectivity index (χ0n) is 72.2. The number of aromatic amines is 1. The Hall–Kier alpha value is -10.9. The van der Waals surface area contributed by atoms with Crippen molar-refractivity contribution in [3.05, 3.63) is 95.7 Å². The molecule has 34 heteroatoms. The zero-order valence-corrected chi connectivity index (χ0v) is 72.2. The Balaban J connectivity index is 1.29. The van der Waals surface area contributed by atoms with Crippen LogP contribution >= 0.6 is 0 Å². The lowest BCUT2D eigenvalue weighted by molar-refractivity contribution is -0.143. The van der Waals surface area contributed by atoms with Crippen LogP contribution in [0.15, 0.2) is 84.0 Å². The Kier molecular flexibility index (Phi) is 43.0. The molecule has 0 aliphatic carbocycles. The second-order valence-electron chi connectivity index (χ2n) is 33.2. The van der Waals surface area contributed by atoms with Crippen molar-refractivity contribution in [2.24, 2.45) is 39.9 Å². The number of likely N-dealkylation sites (tertiary alicyclic amines) is 1. The third kappa shape index (κ3) is 35.0. The number of para-hydroxylation sites is 1. The Bertz CT molecular complexity index is 4050.